The van der Waals surface area contributed by atoms with Crippen LogP contribution in [-0.4, -0.2) is 66.0 Å². The van der Waals surface area contributed by atoms with Crippen molar-refractivity contribution < 1.29 is 14.3 Å². The predicted octanol–water partition coefficient (Wildman–Crippen LogP) is 3.37. The maximum atomic E-state index is 12.8. The third-order valence-corrected chi connectivity index (χ3v) is 7.11. The number of fused-ring (bicyclic) bond motifs is 2. The fourth-order valence-corrected chi connectivity index (χ4v) is 5.25. The Morgan fingerprint density at radius 2 is 2.03 bits per heavy atom. The molecule has 5 N–H and O–H groups in total. The van der Waals surface area contributed by atoms with Crippen molar-refractivity contribution in [2.24, 2.45) is 5.73 Å². The number of hydrogen-bond acceptors (Lipinski definition) is 9. The van der Waals surface area contributed by atoms with Gasteiger partial charge < -0.3 is 35.9 Å². The van der Waals surface area contributed by atoms with Gasteiger partial charge in [-0.3, -0.25) is 9.59 Å². The number of rotatable bonds is 8. The second-order valence-electron chi connectivity index (χ2n) is 9.06. The van der Waals surface area contributed by atoms with E-state index in [1.54, 1.807) is 18.2 Å². The summed E-state index contributed by atoms with van der Waals surface area (Å²) in [4.78, 5) is 42.2. The first-order valence-corrected chi connectivity index (χ1v) is 12.5. The van der Waals surface area contributed by atoms with E-state index in [2.05, 4.69) is 20.6 Å². The first-order valence-electron chi connectivity index (χ1n) is 11.7. The van der Waals surface area contributed by atoms with Crippen molar-refractivity contribution in [2.75, 3.05) is 49.8 Å². The lowest BCUT2D eigenvalue weighted by atomic mass is 10.1. The number of amides is 2. The molecule has 1 aromatic carbocycles. The van der Waals surface area contributed by atoms with Gasteiger partial charge in [-0.05, 0) is 57.3 Å². The highest BCUT2D eigenvalue weighted by Gasteiger charge is 2.27. The molecule has 0 saturated heterocycles. The Bertz CT molecular complexity index is 1510. The zero-order valence-electron chi connectivity index (χ0n) is 21.0. The third kappa shape index (κ3) is 4.80. The van der Waals surface area contributed by atoms with Crippen LogP contribution in [0.5, 0.6) is 5.75 Å². The number of aryl methyl sites for hydroxylation is 1. The van der Waals surface area contributed by atoms with Crippen LogP contribution in [-0.2, 0) is 11.2 Å². The zero-order chi connectivity index (χ0) is 26.3. The number of carbonyl (C=O) groups is 2. The molecule has 37 heavy (non-hydrogen) atoms. The first-order chi connectivity index (χ1) is 17.7. The molecule has 0 radical (unpaired) electrons. The number of benzene rings is 1. The van der Waals surface area contributed by atoms with E-state index in [1.807, 2.05) is 50.2 Å². The van der Waals surface area contributed by atoms with Crippen LogP contribution in [0.1, 0.15) is 20.1 Å². The third-order valence-electron chi connectivity index (χ3n) is 6.04. The number of anilines is 5. The smallest absolute Gasteiger partial charge is 0.260 e. The quantitative estimate of drug-likeness (QED) is 0.277. The average Bonchev–Trinajstić information content (AvgIpc) is 3.56. The maximum Gasteiger partial charge on any atom is 0.260 e. The Morgan fingerprint density at radius 1 is 1.22 bits per heavy atom. The number of methoxy groups -OCH3 is 1. The summed E-state index contributed by atoms with van der Waals surface area (Å²) in [5.41, 5.74) is 9.29. The Kier molecular flexibility index (Phi) is 6.44. The number of hydrogen-bond donors (Lipinski definition) is 4. The molecule has 0 saturated carbocycles. The van der Waals surface area contributed by atoms with Crippen LogP contribution < -0.4 is 26.0 Å². The molecular formula is C25H28N8O3S. The molecule has 0 atom stereocenters. The maximum absolute atomic E-state index is 12.8. The van der Waals surface area contributed by atoms with Gasteiger partial charge in [0.2, 0.25) is 11.9 Å². The van der Waals surface area contributed by atoms with Gasteiger partial charge in [0.05, 0.1) is 30.4 Å². The number of thiophene rings is 1. The van der Waals surface area contributed by atoms with Gasteiger partial charge in [0.15, 0.2) is 0 Å². The summed E-state index contributed by atoms with van der Waals surface area (Å²) >= 11 is 1.32. The lowest BCUT2D eigenvalue weighted by Gasteiger charge is -2.21. The van der Waals surface area contributed by atoms with Crippen LogP contribution >= 0.6 is 11.3 Å². The van der Waals surface area contributed by atoms with Gasteiger partial charge in [-0.25, -0.2) is 0 Å². The van der Waals surface area contributed by atoms with Crippen LogP contribution in [0.4, 0.5) is 28.8 Å². The second kappa shape index (κ2) is 9.71. The number of aromatic amines is 1. The van der Waals surface area contributed by atoms with E-state index in [-0.39, 0.29) is 5.91 Å². The van der Waals surface area contributed by atoms with Gasteiger partial charge in [-0.15, -0.1) is 11.3 Å². The summed E-state index contributed by atoms with van der Waals surface area (Å²) in [6, 6.07) is 7.56. The molecule has 1 aliphatic heterocycles. The lowest BCUT2D eigenvalue weighted by molar-refractivity contribution is -0.119. The summed E-state index contributed by atoms with van der Waals surface area (Å²) in [5, 5.41) is 7.27. The average molecular weight is 521 g/mol. The summed E-state index contributed by atoms with van der Waals surface area (Å²) in [7, 11) is 5.35. The highest BCUT2D eigenvalue weighted by Crippen LogP contribution is 2.39. The molecule has 12 heteroatoms. The molecule has 0 bridgehead atoms. The van der Waals surface area contributed by atoms with Crippen LogP contribution in [0.25, 0.3) is 11.0 Å². The van der Waals surface area contributed by atoms with Crippen LogP contribution in [0.3, 0.4) is 0 Å². The van der Waals surface area contributed by atoms with Crippen molar-refractivity contribution >= 4 is 63.0 Å². The zero-order valence-corrected chi connectivity index (χ0v) is 21.8. The largest absolute Gasteiger partial charge is 0.495 e. The molecule has 3 aromatic heterocycles. The molecule has 2 amide bonds. The van der Waals surface area contributed by atoms with Crippen molar-refractivity contribution in [3.8, 4) is 5.75 Å². The molecule has 0 fully saturated rings. The Morgan fingerprint density at radius 3 is 2.76 bits per heavy atom. The van der Waals surface area contributed by atoms with Crippen LogP contribution in [0.2, 0.25) is 0 Å². The van der Waals surface area contributed by atoms with Crippen LogP contribution in [0, 0.1) is 6.92 Å². The fraction of sp³-hybridized carbons (Fsp3) is 0.280. The number of carbonyl (C=O) groups excluding carboxylic acids is 2. The summed E-state index contributed by atoms with van der Waals surface area (Å²) < 4.78 is 5.64. The number of nitrogens with one attached hydrogen (secondary N) is 3. The summed E-state index contributed by atoms with van der Waals surface area (Å²) in [5.74, 6) is 0.973. The van der Waals surface area contributed by atoms with Gasteiger partial charge in [-0.1, -0.05) is 0 Å². The number of likely N-dealkylation sites (N-methyl/N-ethyl adjacent to an activating group) is 1. The lowest BCUT2D eigenvalue weighted by Crippen LogP contribution is -2.36. The minimum atomic E-state index is -0.505. The van der Waals surface area contributed by atoms with E-state index in [1.165, 1.54) is 11.3 Å². The molecule has 0 spiro atoms. The SMILES string of the molecule is COc1cc2c(cc1Nc1nc(Nc3cc(C)sc3C(N)=O)c3cc[nH]c3n1)N(C(=O)CN(C)C)CC2. The van der Waals surface area contributed by atoms with Gasteiger partial charge >= 0.3 is 0 Å². The molecule has 192 valence electrons. The number of nitrogens with two attached hydrogens (primary N) is 1. The molecule has 4 heterocycles. The summed E-state index contributed by atoms with van der Waals surface area (Å²) in [6.45, 7) is 2.86. The monoisotopic (exact) mass is 520 g/mol. The molecule has 4 aromatic rings. The highest BCUT2D eigenvalue weighted by atomic mass is 32.1. The van der Waals surface area contributed by atoms with E-state index in [0.29, 0.717) is 52.5 Å². The van der Waals surface area contributed by atoms with Crippen molar-refractivity contribution in [3.63, 3.8) is 0 Å². The number of primary amides is 1. The molecule has 0 aliphatic carbocycles. The van der Waals surface area contributed by atoms with E-state index < -0.39 is 5.91 Å². The molecule has 11 nitrogen and oxygen atoms in total. The second-order valence-corrected chi connectivity index (χ2v) is 10.3. The fourth-order valence-electron chi connectivity index (χ4n) is 4.43. The number of H-pyrrole nitrogens is 1. The van der Waals surface area contributed by atoms with Gasteiger partial charge in [-0.2, -0.15) is 9.97 Å². The standard InChI is InChI=1S/C25H28N8O3S/c1-13-9-17(21(37-13)22(26)35)28-24-15-5-7-27-23(15)30-25(31-24)29-16-11-18-14(10-19(16)36-4)6-8-33(18)20(34)12-32(2)3/h5,7,9-11H,6,8,12H2,1-4H3,(H2,26,35)(H3,27,28,29,30,31). The first kappa shape index (κ1) is 24.5. The van der Waals surface area contributed by atoms with Crippen molar-refractivity contribution in [1.29, 1.82) is 0 Å². The number of nitrogens with zero attached hydrogens (tertiary/aromatic N) is 4. The van der Waals surface area contributed by atoms with Gasteiger partial charge in [0.25, 0.3) is 5.91 Å². The summed E-state index contributed by atoms with van der Waals surface area (Å²) in [6.07, 6.45) is 2.53. The van der Waals surface area contributed by atoms with Crippen LogP contribution in [0.15, 0.2) is 30.5 Å². The van der Waals surface area contributed by atoms with Crippen molar-refractivity contribution in [2.45, 2.75) is 13.3 Å². The molecule has 5 rings (SSSR count). The topological polar surface area (TPSA) is 142 Å². The van der Waals surface area contributed by atoms with E-state index in [4.69, 9.17) is 15.5 Å². The van der Waals surface area contributed by atoms with Crippen molar-refractivity contribution in [3.05, 3.63) is 45.8 Å². The molecule has 0 unspecified atom stereocenters. The Hall–Kier alpha value is -4.16. The van der Waals surface area contributed by atoms with E-state index in [0.717, 1.165) is 27.9 Å². The number of aromatic nitrogens is 3. The highest BCUT2D eigenvalue weighted by molar-refractivity contribution is 7.14. The molecule has 1 aliphatic rings. The van der Waals surface area contributed by atoms with E-state index >= 15 is 0 Å². The molecular weight excluding hydrogens is 492 g/mol. The Labute approximate surface area is 217 Å². The van der Waals surface area contributed by atoms with Crippen molar-refractivity contribution in [1.82, 2.24) is 19.9 Å². The Balaban J connectivity index is 1.51. The minimum absolute atomic E-state index is 0.0340. The van der Waals surface area contributed by atoms with E-state index in [9.17, 15) is 9.59 Å². The normalized spacial score (nSPS) is 12.7. The van der Waals surface area contributed by atoms with Gasteiger partial charge in [0.1, 0.15) is 22.1 Å². The van der Waals surface area contributed by atoms with Gasteiger partial charge in [0, 0.05) is 23.3 Å². The minimum Gasteiger partial charge on any atom is -0.495 e. The predicted molar refractivity (Wildman–Crippen MR) is 146 cm³/mol. The number of ether oxygens (including phenoxy) is 1.